The van der Waals surface area contributed by atoms with Crippen molar-refractivity contribution in [2.45, 2.75) is 0 Å². The maximum absolute atomic E-state index is 12.7. The fourth-order valence-corrected chi connectivity index (χ4v) is 2.86. The van der Waals surface area contributed by atoms with Crippen molar-refractivity contribution in [3.8, 4) is 23.6 Å². The molecule has 3 heterocycles. The van der Waals surface area contributed by atoms with Crippen LogP contribution in [0.15, 0.2) is 61.1 Å². The molecule has 2 aromatic heterocycles. The second kappa shape index (κ2) is 5.56. The summed E-state index contributed by atoms with van der Waals surface area (Å²) in [6, 6.07) is 15.9. The van der Waals surface area contributed by atoms with Crippen molar-refractivity contribution >= 4 is 23.2 Å². The van der Waals surface area contributed by atoms with Gasteiger partial charge < -0.3 is 4.98 Å². The van der Waals surface area contributed by atoms with E-state index in [1.807, 2.05) is 54.7 Å². The molecule has 4 heteroatoms. The van der Waals surface area contributed by atoms with Gasteiger partial charge in [-0.2, -0.15) is 0 Å². The fraction of sp³-hybridized carbons (Fsp3) is 0. The molecule has 0 saturated heterocycles. The molecule has 0 saturated carbocycles. The second-order valence-electron chi connectivity index (χ2n) is 5.43. The van der Waals surface area contributed by atoms with Gasteiger partial charge in [0.15, 0.2) is 0 Å². The zero-order valence-electron chi connectivity index (χ0n) is 12.7. The van der Waals surface area contributed by atoms with Crippen LogP contribution in [0.5, 0.6) is 0 Å². The molecular formula is C20H13N3O. The molecule has 0 spiro atoms. The third kappa shape index (κ3) is 2.20. The SMILES string of the molecule is C#CN1C(=O)/C(=C\c2ccc[nH]2)c2cc(-c3cccnc3)ccc21. The van der Waals surface area contributed by atoms with E-state index in [0.717, 1.165) is 28.1 Å². The summed E-state index contributed by atoms with van der Waals surface area (Å²) in [5.41, 5.74) is 4.98. The van der Waals surface area contributed by atoms with Gasteiger partial charge in [-0.15, -0.1) is 0 Å². The van der Waals surface area contributed by atoms with Gasteiger partial charge in [-0.25, -0.2) is 4.90 Å². The van der Waals surface area contributed by atoms with Crippen LogP contribution in [0.3, 0.4) is 0 Å². The maximum atomic E-state index is 12.7. The molecule has 1 amide bonds. The lowest BCUT2D eigenvalue weighted by Crippen LogP contribution is -2.19. The van der Waals surface area contributed by atoms with Gasteiger partial charge in [0.05, 0.1) is 11.3 Å². The van der Waals surface area contributed by atoms with Crippen molar-refractivity contribution in [1.82, 2.24) is 9.97 Å². The molecule has 0 unspecified atom stereocenters. The smallest absolute Gasteiger partial charge is 0.270 e. The Morgan fingerprint density at radius 3 is 2.79 bits per heavy atom. The Balaban J connectivity index is 1.89. The van der Waals surface area contributed by atoms with E-state index < -0.39 is 0 Å². The first kappa shape index (κ1) is 14.0. The summed E-state index contributed by atoms with van der Waals surface area (Å²) >= 11 is 0. The van der Waals surface area contributed by atoms with E-state index in [4.69, 9.17) is 6.42 Å². The number of anilines is 1. The Bertz CT molecular complexity index is 979. The summed E-state index contributed by atoms with van der Waals surface area (Å²) in [5, 5.41) is 0. The summed E-state index contributed by atoms with van der Waals surface area (Å²) in [7, 11) is 0. The summed E-state index contributed by atoms with van der Waals surface area (Å²) < 4.78 is 0. The molecule has 0 bridgehead atoms. The Labute approximate surface area is 139 Å². The van der Waals surface area contributed by atoms with Crippen LogP contribution in [0.25, 0.3) is 22.8 Å². The number of hydrogen-bond acceptors (Lipinski definition) is 2. The highest BCUT2D eigenvalue weighted by molar-refractivity contribution is 6.37. The molecule has 114 valence electrons. The average molecular weight is 311 g/mol. The molecule has 1 aliphatic rings. The number of aromatic nitrogens is 2. The number of carbonyl (C=O) groups is 1. The molecule has 1 aromatic carbocycles. The van der Waals surface area contributed by atoms with E-state index in [9.17, 15) is 4.79 Å². The number of nitrogens with one attached hydrogen (secondary N) is 1. The van der Waals surface area contributed by atoms with Gasteiger partial charge in [-0.05, 0) is 42.0 Å². The average Bonchev–Trinajstić information content (AvgIpc) is 3.23. The molecule has 1 N–H and O–H groups in total. The Morgan fingerprint density at radius 1 is 1.17 bits per heavy atom. The zero-order valence-corrected chi connectivity index (χ0v) is 12.7. The quantitative estimate of drug-likeness (QED) is 0.581. The zero-order chi connectivity index (χ0) is 16.5. The number of rotatable bonds is 2. The van der Waals surface area contributed by atoms with Crippen LogP contribution in [0.4, 0.5) is 5.69 Å². The molecule has 0 aliphatic carbocycles. The summed E-state index contributed by atoms with van der Waals surface area (Å²) in [5.74, 6) is -0.189. The van der Waals surface area contributed by atoms with Crippen LogP contribution in [0, 0.1) is 12.5 Å². The van der Waals surface area contributed by atoms with Crippen LogP contribution in [-0.2, 0) is 4.79 Å². The van der Waals surface area contributed by atoms with E-state index in [2.05, 4.69) is 16.0 Å². The van der Waals surface area contributed by atoms with Gasteiger partial charge in [0.2, 0.25) is 0 Å². The lowest BCUT2D eigenvalue weighted by Gasteiger charge is -2.08. The first-order valence-corrected chi connectivity index (χ1v) is 7.48. The van der Waals surface area contributed by atoms with Crippen LogP contribution in [0.2, 0.25) is 0 Å². The predicted molar refractivity (Wildman–Crippen MR) is 94.7 cm³/mol. The minimum absolute atomic E-state index is 0.189. The van der Waals surface area contributed by atoms with Gasteiger partial charge in [-0.1, -0.05) is 18.6 Å². The summed E-state index contributed by atoms with van der Waals surface area (Å²) in [6.45, 7) is 0. The van der Waals surface area contributed by atoms with Crippen molar-refractivity contribution in [2.24, 2.45) is 0 Å². The summed E-state index contributed by atoms with van der Waals surface area (Å²) in [6.07, 6.45) is 12.7. The lowest BCUT2D eigenvalue weighted by atomic mass is 10.00. The Morgan fingerprint density at radius 2 is 2.08 bits per heavy atom. The molecule has 3 aromatic rings. The van der Waals surface area contributed by atoms with Crippen LogP contribution >= 0.6 is 0 Å². The van der Waals surface area contributed by atoms with E-state index in [1.54, 1.807) is 12.4 Å². The minimum Gasteiger partial charge on any atom is -0.362 e. The lowest BCUT2D eigenvalue weighted by molar-refractivity contribution is -0.112. The Kier molecular flexibility index (Phi) is 3.25. The van der Waals surface area contributed by atoms with Crippen molar-refractivity contribution in [3.05, 3.63) is 72.3 Å². The summed E-state index contributed by atoms with van der Waals surface area (Å²) in [4.78, 5) is 21.2. The van der Waals surface area contributed by atoms with Crippen LogP contribution in [-0.4, -0.2) is 15.9 Å². The molecule has 0 fully saturated rings. The normalized spacial score (nSPS) is 14.7. The largest absolute Gasteiger partial charge is 0.362 e. The van der Waals surface area contributed by atoms with Crippen molar-refractivity contribution in [1.29, 1.82) is 0 Å². The van der Waals surface area contributed by atoms with Crippen LogP contribution in [0.1, 0.15) is 11.3 Å². The maximum Gasteiger partial charge on any atom is 0.270 e. The molecular weight excluding hydrogens is 298 g/mol. The standard InChI is InChI=1S/C20H13N3O/c1-2-23-19-8-7-14(15-5-3-9-21-13-15)11-17(19)18(20(23)24)12-16-6-4-10-22-16/h1,3-13,22H/b18-12-. The van der Waals surface area contributed by atoms with E-state index >= 15 is 0 Å². The van der Waals surface area contributed by atoms with Gasteiger partial charge in [0.25, 0.3) is 5.91 Å². The highest BCUT2D eigenvalue weighted by atomic mass is 16.2. The molecule has 4 rings (SSSR count). The predicted octanol–water partition coefficient (Wildman–Crippen LogP) is 3.55. The van der Waals surface area contributed by atoms with Gasteiger partial charge in [0, 0.05) is 41.5 Å². The number of carbonyl (C=O) groups excluding carboxylic acids is 1. The van der Waals surface area contributed by atoms with Crippen molar-refractivity contribution < 1.29 is 4.79 Å². The number of terminal acetylenes is 1. The number of H-pyrrole nitrogens is 1. The monoisotopic (exact) mass is 311 g/mol. The third-order valence-corrected chi connectivity index (χ3v) is 4.01. The number of hydrogen-bond donors (Lipinski definition) is 1. The third-order valence-electron chi connectivity index (χ3n) is 4.01. The molecule has 4 nitrogen and oxygen atoms in total. The van der Waals surface area contributed by atoms with Crippen molar-refractivity contribution in [2.75, 3.05) is 4.90 Å². The van der Waals surface area contributed by atoms with E-state index in [-0.39, 0.29) is 5.91 Å². The van der Waals surface area contributed by atoms with E-state index in [1.165, 1.54) is 4.90 Å². The molecule has 0 radical (unpaired) electrons. The second-order valence-corrected chi connectivity index (χ2v) is 5.43. The van der Waals surface area contributed by atoms with E-state index in [0.29, 0.717) is 5.57 Å². The molecule has 0 atom stereocenters. The number of amides is 1. The number of fused-ring (bicyclic) bond motifs is 1. The number of benzene rings is 1. The first-order valence-electron chi connectivity index (χ1n) is 7.48. The van der Waals surface area contributed by atoms with Crippen molar-refractivity contribution in [3.63, 3.8) is 0 Å². The molecule has 24 heavy (non-hydrogen) atoms. The minimum atomic E-state index is -0.189. The van der Waals surface area contributed by atoms with Crippen LogP contribution < -0.4 is 4.90 Å². The first-order chi connectivity index (χ1) is 11.8. The number of nitrogens with zero attached hydrogens (tertiary/aromatic N) is 2. The van der Waals surface area contributed by atoms with Gasteiger partial charge in [-0.3, -0.25) is 9.78 Å². The number of aromatic amines is 1. The highest BCUT2D eigenvalue weighted by Crippen LogP contribution is 2.39. The molecule has 1 aliphatic heterocycles. The topological polar surface area (TPSA) is 49.0 Å². The Hall–Kier alpha value is -3.58. The van der Waals surface area contributed by atoms with Gasteiger partial charge >= 0.3 is 0 Å². The highest BCUT2D eigenvalue weighted by Gasteiger charge is 2.32. The fourth-order valence-electron chi connectivity index (χ4n) is 2.86. The van der Waals surface area contributed by atoms with Gasteiger partial charge in [0.1, 0.15) is 0 Å². The number of pyridine rings is 1.